The number of hydrogen-bond donors (Lipinski definition) is 2. The standard InChI is InChI=1S/C25H27ClFNO5/c1-4-14(3)21(13-29)28-12-18(25(31)32)24(30)17-10-16(22(33-5-2)11-20(17)28)9-15-7-6-8-19(26)23(15)27/h6-8,10-12,14,21,29H,4-5,9,13H2,1-3H3,(H,31,32). The van der Waals surface area contributed by atoms with E-state index in [0.717, 1.165) is 6.42 Å². The van der Waals surface area contributed by atoms with Crippen LogP contribution in [0.5, 0.6) is 5.75 Å². The highest BCUT2D eigenvalue weighted by Crippen LogP contribution is 2.32. The van der Waals surface area contributed by atoms with Crippen molar-refractivity contribution in [3.8, 4) is 5.75 Å². The van der Waals surface area contributed by atoms with Crippen LogP contribution in [0.15, 0.2) is 41.3 Å². The molecular weight excluding hydrogens is 449 g/mol. The fourth-order valence-corrected chi connectivity index (χ4v) is 4.17. The Labute approximate surface area is 196 Å². The topological polar surface area (TPSA) is 88.8 Å². The Morgan fingerprint density at radius 1 is 1.24 bits per heavy atom. The average molecular weight is 476 g/mol. The molecule has 0 aliphatic carbocycles. The van der Waals surface area contributed by atoms with E-state index >= 15 is 0 Å². The van der Waals surface area contributed by atoms with Crippen molar-refractivity contribution < 1.29 is 24.1 Å². The first kappa shape index (κ1) is 24.7. The molecule has 0 saturated carbocycles. The molecule has 2 unspecified atom stereocenters. The van der Waals surface area contributed by atoms with Crippen LogP contribution in [0.1, 0.15) is 54.7 Å². The van der Waals surface area contributed by atoms with E-state index in [1.54, 1.807) is 28.8 Å². The predicted molar refractivity (Wildman–Crippen MR) is 126 cm³/mol. The maximum absolute atomic E-state index is 14.6. The fraction of sp³-hybridized carbons (Fsp3) is 0.360. The van der Waals surface area contributed by atoms with E-state index < -0.39 is 28.8 Å². The molecule has 0 radical (unpaired) electrons. The van der Waals surface area contributed by atoms with E-state index in [0.29, 0.717) is 29.0 Å². The molecule has 0 aliphatic rings. The number of aromatic carboxylic acids is 1. The number of pyridine rings is 1. The molecule has 33 heavy (non-hydrogen) atoms. The fourth-order valence-electron chi connectivity index (χ4n) is 3.98. The number of carboxylic acids is 1. The number of aliphatic hydroxyl groups is 1. The maximum atomic E-state index is 14.6. The van der Waals surface area contributed by atoms with Gasteiger partial charge >= 0.3 is 5.97 Å². The normalized spacial score (nSPS) is 13.2. The molecule has 0 fully saturated rings. The number of carboxylic acid groups (broad SMARTS) is 1. The molecule has 3 rings (SSSR count). The number of rotatable bonds is 9. The number of halogens is 2. The quantitative estimate of drug-likeness (QED) is 0.451. The molecule has 2 N–H and O–H groups in total. The number of nitrogens with zero attached hydrogens (tertiary/aromatic N) is 1. The van der Waals surface area contributed by atoms with Crippen molar-refractivity contribution in [2.24, 2.45) is 5.92 Å². The molecule has 8 heteroatoms. The summed E-state index contributed by atoms with van der Waals surface area (Å²) in [6, 6.07) is 7.45. The summed E-state index contributed by atoms with van der Waals surface area (Å²) in [4.78, 5) is 24.9. The minimum atomic E-state index is -1.35. The summed E-state index contributed by atoms with van der Waals surface area (Å²) < 4.78 is 22.0. The smallest absolute Gasteiger partial charge is 0.341 e. The second-order valence-electron chi connectivity index (χ2n) is 8.02. The minimum Gasteiger partial charge on any atom is -0.494 e. The highest BCUT2D eigenvalue weighted by Gasteiger charge is 2.24. The number of carbonyl (C=O) groups is 1. The predicted octanol–water partition coefficient (Wildman–Crippen LogP) is 5.06. The van der Waals surface area contributed by atoms with Crippen LogP contribution < -0.4 is 10.2 Å². The molecule has 0 saturated heterocycles. The number of benzene rings is 2. The van der Waals surface area contributed by atoms with Gasteiger partial charge in [0.1, 0.15) is 17.1 Å². The van der Waals surface area contributed by atoms with E-state index in [2.05, 4.69) is 0 Å². The van der Waals surface area contributed by atoms with Crippen LogP contribution in [0.4, 0.5) is 4.39 Å². The minimum absolute atomic E-state index is 0.0122. The summed E-state index contributed by atoms with van der Waals surface area (Å²) >= 11 is 5.92. The Bertz CT molecular complexity index is 1240. The Hall–Kier alpha value is -2.90. The van der Waals surface area contributed by atoms with Gasteiger partial charge in [0, 0.05) is 24.1 Å². The average Bonchev–Trinajstić information content (AvgIpc) is 2.79. The first-order valence-electron chi connectivity index (χ1n) is 10.8. The van der Waals surface area contributed by atoms with E-state index in [1.165, 1.54) is 12.3 Å². The summed E-state index contributed by atoms with van der Waals surface area (Å²) in [6.07, 6.45) is 2.13. The van der Waals surface area contributed by atoms with Gasteiger partial charge in [-0.05, 0) is 36.1 Å². The third-order valence-electron chi connectivity index (χ3n) is 6.00. The van der Waals surface area contributed by atoms with Gasteiger partial charge in [-0.2, -0.15) is 0 Å². The van der Waals surface area contributed by atoms with E-state index in [1.807, 2.05) is 20.8 Å². The Morgan fingerprint density at radius 2 is 1.97 bits per heavy atom. The number of ether oxygens (including phenoxy) is 1. The second kappa shape index (κ2) is 10.4. The molecule has 2 aromatic carbocycles. The molecular formula is C25H27ClFNO5. The lowest BCUT2D eigenvalue weighted by Gasteiger charge is -2.27. The largest absolute Gasteiger partial charge is 0.494 e. The first-order chi connectivity index (χ1) is 15.7. The van der Waals surface area contributed by atoms with Crippen LogP contribution in [0, 0.1) is 11.7 Å². The lowest BCUT2D eigenvalue weighted by atomic mass is 9.96. The van der Waals surface area contributed by atoms with Crippen LogP contribution in [-0.2, 0) is 6.42 Å². The third-order valence-corrected chi connectivity index (χ3v) is 6.29. The summed E-state index contributed by atoms with van der Waals surface area (Å²) in [5.41, 5.74) is 0.257. The molecule has 6 nitrogen and oxygen atoms in total. The van der Waals surface area contributed by atoms with Crippen molar-refractivity contribution in [2.75, 3.05) is 13.2 Å². The Kier molecular flexibility index (Phi) is 7.76. The monoisotopic (exact) mass is 475 g/mol. The zero-order chi connectivity index (χ0) is 24.3. The summed E-state index contributed by atoms with van der Waals surface area (Å²) in [6.45, 7) is 5.84. The lowest BCUT2D eigenvalue weighted by Crippen LogP contribution is -2.26. The second-order valence-corrected chi connectivity index (χ2v) is 8.43. The highest BCUT2D eigenvalue weighted by atomic mass is 35.5. The molecule has 1 heterocycles. The number of fused-ring (bicyclic) bond motifs is 1. The number of aromatic nitrogens is 1. The van der Waals surface area contributed by atoms with Crippen molar-refractivity contribution in [3.63, 3.8) is 0 Å². The summed E-state index contributed by atoms with van der Waals surface area (Å²) in [5, 5.41) is 19.9. The van der Waals surface area contributed by atoms with Gasteiger partial charge in [-0.1, -0.05) is 44.0 Å². The summed E-state index contributed by atoms with van der Waals surface area (Å²) in [7, 11) is 0. The number of hydrogen-bond acceptors (Lipinski definition) is 4. The van der Waals surface area contributed by atoms with Gasteiger partial charge < -0.3 is 19.5 Å². The molecule has 0 aliphatic heterocycles. The van der Waals surface area contributed by atoms with Gasteiger partial charge in [0.05, 0.1) is 29.8 Å². The van der Waals surface area contributed by atoms with Gasteiger partial charge in [0.2, 0.25) is 5.43 Å². The highest BCUT2D eigenvalue weighted by molar-refractivity contribution is 6.30. The summed E-state index contributed by atoms with van der Waals surface area (Å²) in [5.74, 6) is -1.46. The van der Waals surface area contributed by atoms with Crippen molar-refractivity contribution in [3.05, 3.63) is 74.3 Å². The van der Waals surface area contributed by atoms with Crippen molar-refractivity contribution in [2.45, 2.75) is 39.7 Å². The van der Waals surface area contributed by atoms with Crippen LogP contribution in [0.2, 0.25) is 5.02 Å². The van der Waals surface area contributed by atoms with Gasteiger partial charge in [0.15, 0.2) is 0 Å². The van der Waals surface area contributed by atoms with Gasteiger partial charge in [-0.3, -0.25) is 4.79 Å². The Balaban J connectivity index is 2.33. The van der Waals surface area contributed by atoms with E-state index in [9.17, 15) is 24.2 Å². The molecule has 3 aromatic rings. The van der Waals surface area contributed by atoms with Crippen molar-refractivity contribution in [1.29, 1.82) is 0 Å². The molecule has 0 amide bonds. The molecule has 0 bridgehead atoms. The third kappa shape index (κ3) is 4.89. The van der Waals surface area contributed by atoms with Gasteiger partial charge in [0.25, 0.3) is 0 Å². The van der Waals surface area contributed by atoms with E-state index in [-0.39, 0.29) is 29.4 Å². The van der Waals surface area contributed by atoms with Gasteiger partial charge in [-0.15, -0.1) is 0 Å². The maximum Gasteiger partial charge on any atom is 0.341 e. The Morgan fingerprint density at radius 3 is 2.58 bits per heavy atom. The SMILES string of the molecule is CCOc1cc2c(cc1Cc1cccc(Cl)c1F)c(=O)c(C(=O)O)cn2C(CO)C(C)CC. The van der Waals surface area contributed by atoms with Gasteiger partial charge in [-0.25, -0.2) is 9.18 Å². The molecule has 1 aromatic heterocycles. The van der Waals surface area contributed by atoms with Crippen LogP contribution in [-0.4, -0.2) is 34.0 Å². The van der Waals surface area contributed by atoms with E-state index in [4.69, 9.17) is 16.3 Å². The molecule has 2 atom stereocenters. The molecule has 0 spiro atoms. The van der Waals surface area contributed by atoms with Crippen LogP contribution in [0.25, 0.3) is 10.9 Å². The van der Waals surface area contributed by atoms with Crippen LogP contribution >= 0.6 is 11.6 Å². The molecule has 176 valence electrons. The number of aliphatic hydroxyl groups excluding tert-OH is 1. The van der Waals surface area contributed by atoms with Crippen molar-refractivity contribution in [1.82, 2.24) is 4.57 Å². The first-order valence-corrected chi connectivity index (χ1v) is 11.2. The zero-order valence-electron chi connectivity index (χ0n) is 18.8. The van der Waals surface area contributed by atoms with Crippen molar-refractivity contribution >= 4 is 28.5 Å². The lowest BCUT2D eigenvalue weighted by molar-refractivity contribution is 0.0694. The zero-order valence-corrected chi connectivity index (χ0v) is 19.5. The van der Waals surface area contributed by atoms with Crippen LogP contribution in [0.3, 0.4) is 0 Å².